The van der Waals surface area contributed by atoms with Crippen LogP contribution in [0.2, 0.25) is 0 Å². The molecule has 0 amide bonds. The first kappa shape index (κ1) is 23.4. The Balaban J connectivity index is 1.68. The zero-order chi connectivity index (χ0) is 21.9. The minimum Gasteiger partial charge on any atom is -0.379 e. The second-order valence-electron chi connectivity index (χ2n) is 9.14. The quantitative estimate of drug-likeness (QED) is 0.671. The van der Waals surface area contributed by atoms with Crippen LogP contribution in [0, 0.1) is 12.8 Å². The smallest absolute Gasteiger partial charge is 0.254 e. The summed E-state index contributed by atoms with van der Waals surface area (Å²) >= 11 is 0. The van der Waals surface area contributed by atoms with Crippen molar-refractivity contribution in [3.63, 3.8) is 0 Å². The molecule has 7 nitrogen and oxygen atoms in total. The zero-order valence-corrected chi connectivity index (χ0v) is 19.4. The molecule has 0 bridgehead atoms. The van der Waals surface area contributed by atoms with Crippen LogP contribution >= 0.6 is 0 Å². The summed E-state index contributed by atoms with van der Waals surface area (Å²) in [5, 5.41) is 0. The normalized spacial score (nSPS) is 27.2. The third-order valence-corrected chi connectivity index (χ3v) is 6.96. The summed E-state index contributed by atoms with van der Waals surface area (Å²) < 4.78 is 40.3. The van der Waals surface area contributed by atoms with Gasteiger partial charge in [-0.25, -0.2) is 13.1 Å². The average Bonchev–Trinajstić information content (AvgIpc) is 2.68. The molecular formula is C22H36N2O5S. The van der Waals surface area contributed by atoms with Crippen LogP contribution < -0.4 is 10.3 Å². The zero-order valence-electron chi connectivity index (χ0n) is 18.6. The second-order valence-corrected chi connectivity index (χ2v) is 10.9. The Morgan fingerprint density at radius 3 is 2.47 bits per heavy atom. The summed E-state index contributed by atoms with van der Waals surface area (Å²) in [6, 6.07) is 3.14. The van der Waals surface area contributed by atoms with E-state index in [4.69, 9.17) is 9.47 Å². The van der Waals surface area contributed by atoms with E-state index in [1.54, 1.807) is 11.5 Å². The summed E-state index contributed by atoms with van der Waals surface area (Å²) in [6.45, 7) is 7.04. The van der Waals surface area contributed by atoms with Gasteiger partial charge in [-0.2, -0.15) is 0 Å². The van der Waals surface area contributed by atoms with Gasteiger partial charge in [0.25, 0.3) is 5.56 Å². The Labute approximate surface area is 180 Å². The predicted octanol–water partition coefficient (Wildman–Crippen LogP) is 2.56. The summed E-state index contributed by atoms with van der Waals surface area (Å²) in [7, 11) is -3.38. The fraction of sp³-hybridized carbons (Fsp3) is 0.773. The number of aryl methyl sites for hydroxylation is 2. The maximum atomic E-state index is 12.9. The number of aromatic nitrogens is 1. The number of hydrogen-bond acceptors (Lipinski definition) is 5. The molecule has 1 saturated carbocycles. The largest absolute Gasteiger partial charge is 0.379 e. The van der Waals surface area contributed by atoms with E-state index in [0.29, 0.717) is 30.9 Å². The lowest BCUT2D eigenvalue weighted by Crippen LogP contribution is -2.49. The Bertz CT molecular complexity index is 872. The van der Waals surface area contributed by atoms with Crippen molar-refractivity contribution in [1.82, 2.24) is 9.29 Å². The van der Waals surface area contributed by atoms with Gasteiger partial charge in [0.05, 0.1) is 31.1 Å². The number of fused-ring (bicyclic) bond motifs is 1. The third kappa shape index (κ3) is 6.15. The van der Waals surface area contributed by atoms with Crippen LogP contribution in [0.4, 0.5) is 0 Å². The molecule has 2 heterocycles. The fourth-order valence-corrected chi connectivity index (χ4v) is 5.39. The van der Waals surface area contributed by atoms with Crippen molar-refractivity contribution in [2.75, 3.05) is 19.5 Å². The Morgan fingerprint density at radius 1 is 1.13 bits per heavy atom. The molecule has 3 rings (SSSR count). The fourth-order valence-electron chi connectivity index (χ4n) is 4.57. The Morgan fingerprint density at radius 2 is 1.83 bits per heavy atom. The van der Waals surface area contributed by atoms with Crippen molar-refractivity contribution in [1.29, 1.82) is 0 Å². The minimum atomic E-state index is -3.38. The molecule has 0 spiro atoms. The summed E-state index contributed by atoms with van der Waals surface area (Å²) in [5.74, 6) is 0.576. The molecule has 1 N–H and O–H groups in total. The lowest BCUT2D eigenvalue weighted by molar-refractivity contribution is -0.0226. The van der Waals surface area contributed by atoms with Gasteiger partial charge in [-0.05, 0) is 71.3 Å². The minimum absolute atomic E-state index is 0.0596. The van der Waals surface area contributed by atoms with Crippen LogP contribution in [0.5, 0.6) is 0 Å². The molecule has 0 unspecified atom stereocenters. The number of rotatable bonds is 8. The van der Waals surface area contributed by atoms with E-state index in [2.05, 4.69) is 18.6 Å². The van der Waals surface area contributed by atoms with Crippen LogP contribution in [0.15, 0.2) is 16.9 Å². The van der Waals surface area contributed by atoms with Gasteiger partial charge in [0.15, 0.2) is 0 Å². The summed E-state index contributed by atoms with van der Waals surface area (Å²) in [4.78, 5) is 12.9. The first-order valence-corrected chi connectivity index (χ1v) is 12.9. The number of sulfonamides is 1. The van der Waals surface area contributed by atoms with Crippen LogP contribution in [-0.2, 0) is 25.9 Å². The van der Waals surface area contributed by atoms with E-state index in [-0.39, 0.29) is 29.9 Å². The van der Waals surface area contributed by atoms with Gasteiger partial charge in [-0.3, -0.25) is 4.79 Å². The van der Waals surface area contributed by atoms with Crippen molar-refractivity contribution in [2.45, 2.75) is 83.6 Å². The molecule has 1 aliphatic heterocycles. The van der Waals surface area contributed by atoms with Crippen molar-refractivity contribution >= 4 is 10.0 Å². The maximum absolute atomic E-state index is 12.9. The van der Waals surface area contributed by atoms with Crippen molar-refractivity contribution < 1.29 is 17.9 Å². The molecule has 0 radical (unpaired) electrons. The number of pyridine rings is 1. The monoisotopic (exact) mass is 440 g/mol. The SMILES string of the molecule is Cc1ccc2n(c1=O)[C@@H](COC1CCC(COC(C)C)CC1)[C@@H](NS(C)(=O)=O)CC2. The highest BCUT2D eigenvalue weighted by Gasteiger charge is 2.33. The summed E-state index contributed by atoms with van der Waals surface area (Å²) in [6.07, 6.45) is 6.97. The van der Waals surface area contributed by atoms with Gasteiger partial charge in [-0.15, -0.1) is 0 Å². The van der Waals surface area contributed by atoms with E-state index in [1.807, 2.05) is 12.1 Å². The van der Waals surface area contributed by atoms with Crippen LogP contribution in [0.3, 0.4) is 0 Å². The van der Waals surface area contributed by atoms with Gasteiger partial charge < -0.3 is 14.0 Å². The highest BCUT2D eigenvalue weighted by molar-refractivity contribution is 7.88. The lowest BCUT2D eigenvalue weighted by Gasteiger charge is -2.37. The van der Waals surface area contributed by atoms with Crippen molar-refractivity contribution in [3.05, 3.63) is 33.7 Å². The van der Waals surface area contributed by atoms with Crippen LogP contribution in [-0.4, -0.2) is 50.7 Å². The van der Waals surface area contributed by atoms with Gasteiger partial charge >= 0.3 is 0 Å². The molecule has 1 aromatic heterocycles. The molecule has 1 fully saturated rings. The van der Waals surface area contributed by atoms with Crippen LogP contribution in [0.1, 0.15) is 63.3 Å². The topological polar surface area (TPSA) is 86.6 Å². The van der Waals surface area contributed by atoms with Gasteiger partial charge in [0, 0.05) is 23.9 Å². The molecule has 30 heavy (non-hydrogen) atoms. The Hall–Kier alpha value is -1.22. The van der Waals surface area contributed by atoms with E-state index >= 15 is 0 Å². The van der Waals surface area contributed by atoms with Crippen molar-refractivity contribution in [3.8, 4) is 0 Å². The highest BCUT2D eigenvalue weighted by atomic mass is 32.2. The van der Waals surface area contributed by atoms with E-state index < -0.39 is 10.0 Å². The maximum Gasteiger partial charge on any atom is 0.254 e. The van der Waals surface area contributed by atoms with Gasteiger partial charge in [-0.1, -0.05) is 6.07 Å². The molecule has 0 saturated heterocycles. The number of ether oxygens (including phenoxy) is 2. The van der Waals surface area contributed by atoms with E-state index in [0.717, 1.165) is 38.0 Å². The number of hydrogen-bond donors (Lipinski definition) is 1. The van der Waals surface area contributed by atoms with Crippen LogP contribution in [0.25, 0.3) is 0 Å². The van der Waals surface area contributed by atoms with Gasteiger partial charge in [0.2, 0.25) is 10.0 Å². The molecule has 170 valence electrons. The lowest BCUT2D eigenvalue weighted by atomic mass is 9.88. The first-order valence-electron chi connectivity index (χ1n) is 11.1. The molecule has 1 aromatic rings. The predicted molar refractivity (Wildman–Crippen MR) is 117 cm³/mol. The van der Waals surface area contributed by atoms with Gasteiger partial charge in [0.1, 0.15) is 0 Å². The average molecular weight is 441 g/mol. The molecule has 2 atom stereocenters. The third-order valence-electron chi connectivity index (χ3n) is 6.23. The number of nitrogens with zero attached hydrogens (tertiary/aromatic N) is 1. The van der Waals surface area contributed by atoms with Crippen molar-refractivity contribution in [2.24, 2.45) is 5.92 Å². The molecule has 8 heteroatoms. The molecular weight excluding hydrogens is 404 g/mol. The highest BCUT2D eigenvalue weighted by Crippen LogP contribution is 2.30. The molecule has 0 aromatic carbocycles. The summed E-state index contributed by atoms with van der Waals surface area (Å²) in [5.41, 5.74) is 1.55. The molecule has 1 aliphatic carbocycles. The standard InChI is InChI=1S/C22H36N2O5S/c1-15(2)28-13-17-6-10-19(11-7-17)29-14-21-20(23-30(4,26)27)12-9-18-8-5-16(3)22(25)24(18)21/h5,8,15,17,19-21,23H,6-7,9-14H2,1-4H3/t17?,19?,20-,21-/m0/s1. The van der Waals surface area contributed by atoms with E-state index in [1.165, 1.54) is 6.26 Å². The Kier molecular flexibility index (Phi) is 7.76. The molecule has 2 aliphatic rings. The first-order chi connectivity index (χ1) is 14.1. The van der Waals surface area contributed by atoms with E-state index in [9.17, 15) is 13.2 Å². The second kappa shape index (κ2) is 9.94. The number of nitrogens with one attached hydrogen (secondary N) is 1.